The van der Waals surface area contributed by atoms with Crippen LogP contribution in [0.4, 0.5) is 0 Å². The zero-order chi connectivity index (χ0) is 11.3. The van der Waals surface area contributed by atoms with Gasteiger partial charge in [-0.15, -0.1) is 0 Å². The molecule has 0 spiro atoms. The van der Waals surface area contributed by atoms with E-state index < -0.39 is 10.0 Å². The Morgan fingerprint density at radius 3 is 2.87 bits per heavy atom. The molecular weight excluding hydrogens is 216 g/mol. The van der Waals surface area contributed by atoms with Gasteiger partial charge >= 0.3 is 0 Å². The summed E-state index contributed by atoms with van der Waals surface area (Å²) in [6, 6.07) is 0. The van der Waals surface area contributed by atoms with Crippen molar-refractivity contribution in [3.05, 3.63) is 18.0 Å². The highest BCUT2D eigenvalue weighted by atomic mass is 32.2. The Balaban J connectivity index is 2.56. The molecule has 15 heavy (non-hydrogen) atoms. The Labute approximate surface area is 89.5 Å². The van der Waals surface area contributed by atoms with Crippen molar-refractivity contribution >= 4 is 10.0 Å². The summed E-state index contributed by atoms with van der Waals surface area (Å²) in [6.45, 7) is 0.724. The molecule has 0 atom stereocenters. The lowest BCUT2D eigenvalue weighted by Crippen LogP contribution is -2.29. The van der Waals surface area contributed by atoms with Gasteiger partial charge in [-0.05, 0) is 13.0 Å². The summed E-state index contributed by atoms with van der Waals surface area (Å²) in [7, 11) is -1.63. The Bertz CT molecular complexity index is 373. The van der Waals surface area contributed by atoms with Crippen LogP contribution < -0.4 is 5.73 Å². The maximum absolute atomic E-state index is 11.7. The quantitative estimate of drug-likeness (QED) is 0.693. The third kappa shape index (κ3) is 3.61. The van der Waals surface area contributed by atoms with Gasteiger partial charge in [0.1, 0.15) is 0 Å². The Hall–Kier alpha value is -0.920. The summed E-state index contributed by atoms with van der Waals surface area (Å²) in [5, 5.41) is 6.39. The standard InChI is InChI=1S/C8H16N4O2S/c1-12(7-8-5-10-11-6-8)15(13,14)4-2-3-9/h5-6H,2-4,7,9H2,1H3,(H,10,11). The normalized spacial score (nSPS) is 12.2. The van der Waals surface area contributed by atoms with Crippen molar-refractivity contribution in [2.75, 3.05) is 19.3 Å². The summed E-state index contributed by atoms with van der Waals surface area (Å²) >= 11 is 0. The summed E-state index contributed by atoms with van der Waals surface area (Å²) in [5.41, 5.74) is 6.12. The number of aromatic amines is 1. The Morgan fingerprint density at radius 1 is 1.60 bits per heavy atom. The fourth-order valence-corrected chi connectivity index (χ4v) is 2.33. The summed E-state index contributed by atoms with van der Waals surface area (Å²) in [4.78, 5) is 0. The lowest BCUT2D eigenvalue weighted by atomic mass is 10.4. The SMILES string of the molecule is CN(Cc1cn[nH]c1)S(=O)(=O)CCCN. The third-order valence-electron chi connectivity index (χ3n) is 2.04. The highest BCUT2D eigenvalue weighted by molar-refractivity contribution is 7.89. The van der Waals surface area contributed by atoms with Crippen molar-refractivity contribution in [3.63, 3.8) is 0 Å². The molecule has 0 saturated heterocycles. The molecule has 0 aliphatic rings. The molecule has 1 aromatic heterocycles. The highest BCUT2D eigenvalue weighted by Gasteiger charge is 2.17. The third-order valence-corrected chi connectivity index (χ3v) is 3.92. The summed E-state index contributed by atoms with van der Waals surface area (Å²) in [5.74, 6) is 0.0951. The van der Waals surface area contributed by atoms with Gasteiger partial charge in [0.15, 0.2) is 0 Å². The number of H-pyrrole nitrogens is 1. The molecule has 1 aromatic rings. The van der Waals surface area contributed by atoms with Gasteiger partial charge in [0.2, 0.25) is 10.0 Å². The first kappa shape index (κ1) is 12.2. The zero-order valence-corrected chi connectivity index (χ0v) is 9.50. The van der Waals surface area contributed by atoms with Crippen molar-refractivity contribution in [2.45, 2.75) is 13.0 Å². The molecule has 0 aliphatic carbocycles. The molecule has 0 unspecified atom stereocenters. The number of hydrogen-bond donors (Lipinski definition) is 2. The lowest BCUT2D eigenvalue weighted by molar-refractivity contribution is 0.465. The second kappa shape index (κ2) is 5.24. The largest absolute Gasteiger partial charge is 0.330 e. The van der Waals surface area contributed by atoms with Crippen molar-refractivity contribution in [1.29, 1.82) is 0 Å². The molecule has 0 aromatic carbocycles. The number of hydrogen-bond acceptors (Lipinski definition) is 4. The van der Waals surface area contributed by atoms with E-state index in [-0.39, 0.29) is 5.75 Å². The van der Waals surface area contributed by atoms with Crippen LogP contribution in [0.25, 0.3) is 0 Å². The van der Waals surface area contributed by atoms with Crippen LogP contribution in [0.5, 0.6) is 0 Å². The lowest BCUT2D eigenvalue weighted by Gasteiger charge is -2.15. The first-order chi connectivity index (χ1) is 7.06. The van der Waals surface area contributed by atoms with Crippen LogP contribution >= 0.6 is 0 Å². The van der Waals surface area contributed by atoms with E-state index in [2.05, 4.69) is 10.2 Å². The van der Waals surface area contributed by atoms with Gasteiger partial charge in [0, 0.05) is 25.4 Å². The number of nitrogens with one attached hydrogen (secondary N) is 1. The minimum absolute atomic E-state index is 0.0951. The molecule has 0 fully saturated rings. The van der Waals surface area contributed by atoms with Crippen molar-refractivity contribution < 1.29 is 8.42 Å². The monoisotopic (exact) mass is 232 g/mol. The minimum Gasteiger partial charge on any atom is -0.330 e. The smallest absolute Gasteiger partial charge is 0.214 e. The van der Waals surface area contributed by atoms with Crippen LogP contribution in [0, 0.1) is 0 Å². The van der Waals surface area contributed by atoms with Gasteiger partial charge in [0.05, 0.1) is 11.9 Å². The molecule has 0 saturated carbocycles. The zero-order valence-electron chi connectivity index (χ0n) is 8.68. The van der Waals surface area contributed by atoms with E-state index >= 15 is 0 Å². The molecule has 86 valence electrons. The molecule has 7 heteroatoms. The fraction of sp³-hybridized carbons (Fsp3) is 0.625. The minimum atomic E-state index is -3.19. The van der Waals surface area contributed by atoms with Crippen LogP contribution in [0.1, 0.15) is 12.0 Å². The average molecular weight is 232 g/mol. The maximum Gasteiger partial charge on any atom is 0.214 e. The molecule has 1 rings (SSSR count). The van der Waals surface area contributed by atoms with E-state index in [1.807, 2.05) is 0 Å². The number of nitrogens with two attached hydrogens (primary N) is 1. The molecule has 0 radical (unpaired) electrons. The van der Waals surface area contributed by atoms with E-state index in [4.69, 9.17) is 5.73 Å². The van der Waals surface area contributed by atoms with Crippen molar-refractivity contribution in [2.24, 2.45) is 5.73 Å². The van der Waals surface area contributed by atoms with E-state index in [0.29, 0.717) is 19.5 Å². The van der Waals surface area contributed by atoms with E-state index in [1.165, 1.54) is 4.31 Å². The molecule has 1 heterocycles. The van der Waals surface area contributed by atoms with Crippen LogP contribution in [0.3, 0.4) is 0 Å². The average Bonchev–Trinajstić information content (AvgIpc) is 2.67. The Morgan fingerprint density at radius 2 is 2.33 bits per heavy atom. The van der Waals surface area contributed by atoms with E-state index in [9.17, 15) is 8.42 Å². The molecule has 0 amide bonds. The molecule has 0 bridgehead atoms. The van der Waals surface area contributed by atoms with Crippen LogP contribution in [-0.2, 0) is 16.6 Å². The topological polar surface area (TPSA) is 92.1 Å². The van der Waals surface area contributed by atoms with E-state index in [0.717, 1.165) is 5.56 Å². The predicted octanol–water partition coefficient (Wildman–Crippen LogP) is -0.480. The molecule has 3 N–H and O–H groups in total. The van der Waals surface area contributed by atoms with Crippen molar-refractivity contribution in [3.8, 4) is 0 Å². The number of rotatable bonds is 6. The van der Waals surface area contributed by atoms with Gasteiger partial charge in [-0.2, -0.15) is 5.10 Å². The second-order valence-corrected chi connectivity index (χ2v) is 5.52. The molecular formula is C8H16N4O2S. The van der Waals surface area contributed by atoms with Gasteiger partial charge in [-0.1, -0.05) is 0 Å². The number of sulfonamides is 1. The van der Waals surface area contributed by atoms with Crippen LogP contribution in [0.2, 0.25) is 0 Å². The number of nitrogens with zero attached hydrogens (tertiary/aromatic N) is 2. The van der Waals surface area contributed by atoms with Gasteiger partial charge < -0.3 is 5.73 Å². The summed E-state index contributed by atoms with van der Waals surface area (Å²) in [6.07, 6.45) is 3.77. The van der Waals surface area contributed by atoms with Crippen molar-refractivity contribution in [1.82, 2.24) is 14.5 Å². The molecule has 6 nitrogen and oxygen atoms in total. The second-order valence-electron chi connectivity index (χ2n) is 3.32. The van der Waals surface area contributed by atoms with E-state index in [1.54, 1.807) is 19.4 Å². The van der Waals surface area contributed by atoms with Crippen LogP contribution in [0.15, 0.2) is 12.4 Å². The fourth-order valence-electron chi connectivity index (χ4n) is 1.14. The first-order valence-electron chi connectivity index (χ1n) is 4.68. The highest BCUT2D eigenvalue weighted by Crippen LogP contribution is 2.06. The maximum atomic E-state index is 11.7. The van der Waals surface area contributed by atoms with Gasteiger partial charge in [-0.25, -0.2) is 12.7 Å². The van der Waals surface area contributed by atoms with Gasteiger partial charge in [-0.3, -0.25) is 5.10 Å². The molecule has 0 aliphatic heterocycles. The summed E-state index contributed by atoms with van der Waals surface area (Å²) < 4.78 is 24.6. The predicted molar refractivity (Wildman–Crippen MR) is 57.5 cm³/mol. The Kier molecular flexibility index (Phi) is 4.25. The first-order valence-corrected chi connectivity index (χ1v) is 6.29. The van der Waals surface area contributed by atoms with Gasteiger partial charge in [0.25, 0.3) is 0 Å². The van der Waals surface area contributed by atoms with Crippen LogP contribution in [-0.4, -0.2) is 42.3 Å². The number of aromatic nitrogens is 2.